The lowest BCUT2D eigenvalue weighted by atomic mass is 10.1. The topological polar surface area (TPSA) is 72.2 Å². The number of hydrogen-bond donors (Lipinski definition) is 2. The van der Waals surface area contributed by atoms with Crippen LogP contribution in [0.1, 0.15) is 12.5 Å². The summed E-state index contributed by atoms with van der Waals surface area (Å²) in [6.45, 7) is 1.97. The van der Waals surface area contributed by atoms with Gasteiger partial charge < -0.3 is 5.73 Å². The van der Waals surface area contributed by atoms with Gasteiger partial charge in [-0.2, -0.15) is 0 Å². The van der Waals surface area contributed by atoms with Gasteiger partial charge >= 0.3 is 0 Å². The minimum atomic E-state index is -3.73. The van der Waals surface area contributed by atoms with Crippen LogP contribution in [0.3, 0.4) is 0 Å². The fourth-order valence-corrected chi connectivity index (χ4v) is 4.08. The van der Waals surface area contributed by atoms with Crippen molar-refractivity contribution in [2.45, 2.75) is 18.2 Å². The first kappa shape index (κ1) is 16.3. The Morgan fingerprint density at radius 2 is 1.71 bits per heavy atom. The molecule has 0 atom stereocenters. The van der Waals surface area contributed by atoms with Crippen LogP contribution in [0.2, 0.25) is 0 Å². The van der Waals surface area contributed by atoms with E-state index in [1.807, 2.05) is 13.0 Å². The number of aryl methyl sites for hydroxylation is 1. The Morgan fingerprint density at radius 3 is 2.38 bits per heavy atom. The number of nitrogens with two attached hydrogens (primary N) is 1. The summed E-state index contributed by atoms with van der Waals surface area (Å²) in [5.74, 6) is 0. The molecule has 0 saturated carbocycles. The number of sulfonamides is 1. The lowest BCUT2D eigenvalue weighted by molar-refractivity contribution is 0.601. The van der Waals surface area contributed by atoms with Gasteiger partial charge in [0.2, 0.25) is 0 Å². The normalized spacial score (nSPS) is 11.4. The highest BCUT2D eigenvalue weighted by molar-refractivity contribution is 9.10. The largest absolute Gasteiger partial charge is 0.398 e. The van der Waals surface area contributed by atoms with Crippen molar-refractivity contribution in [2.75, 3.05) is 10.5 Å². The molecule has 2 rings (SSSR count). The Balaban J connectivity index is 2.45. The first-order valence-corrected chi connectivity index (χ1v) is 9.26. The zero-order valence-corrected chi connectivity index (χ0v) is 15.2. The van der Waals surface area contributed by atoms with Crippen molar-refractivity contribution in [3.8, 4) is 0 Å². The molecule has 0 aliphatic heterocycles. The molecule has 21 heavy (non-hydrogen) atoms. The SMILES string of the molecule is CCc1cc(Br)ccc1NS(=O)(=O)c1cc(Br)ccc1N. The van der Waals surface area contributed by atoms with Crippen molar-refractivity contribution >= 4 is 53.3 Å². The van der Waals surface area contributed by atoms with Gasteiger partial charge in [0.15, 0.2) is 0 Å². The van der Waals surface area contributed by atoms with Gasteiger partial charge in [-0.05, 0) is 48.4 Å². The fourth-order valence-electron chi connectivity index (χ4n) is 1.90. The number of hydrogen-bond acceptors (Lipinski definition) is 3. The van der Waals surface area contributed by atoms with Gasteiger partial charge in [-0.3, -0.25) is 4.72 Å². The maximum absolute atomic E-state index is 12.5. The van der Waals surface area contributed by atoms with Gasteiger partial charge in [0.1, 0.15) is 4.90 Å². The molecule has 2 aromatic carbocycles. The molecule has 0 bridgehead atoms. The third-order valence-corrected chi connectivity index (χ3v) is 5.37. The molecule has 112 valence electrons. The molecule has 0 amide bonds. The predicted molar refractivity (Wildman–Crippen MR) is 92.9 cm³/mol. The van der Waals surface area contributed by atoms with Gasteiger partial charge in [-0.1, -0.05) is 38.8 Å². The molecule has 3 N–H and O–H groups in total. The van der Waals surface area contributed by atoms with E-state index in [0.717, 1.165) is 10.0 Å². The second-order valence-corrected chi connectivity index (χ2v) is 7.92. The first-order chi connectivity index (χ1) is 9.83. The molecule has 0 aliphatic rings. The first-order valence-electron chi connectivity index (χ1n) is 6.19. The van der Waals surface area contributed by atoms with E-state index < -0.39 is 10.0 Å². The highest BCUT2D eigenvalue weighted by Gasteiger charge is 2.19. The number of benzene rings is 2. The minimum Gasteiger partial charge on any atom is -0.398 e. The van der Waals surface area contributed by atoms with E-state index in [9.17, 15) is 8.42 Å². The Bertz CT molecular complexity index is 777. The maximum Gasteiger partial charge on any atom is 0.263 e. The molecule has 4 nitrogen and oxygen atoms in total. The van der Waals surface area contributed by atoms with E-state index in [0.29, 0.717) is 16.6 Å². The summed E-state index contributed by atoms with van der Waals surface area (Å²) in [6.07, 6.45) is 0.714. The Morgan fingerprint density at radius 1 is 1.10 bits per heavy atom. The Labute approximate surface area is 141 Å². The third kappa shape index (κ3) is 3.78. The van der Waals surface area contributed by atoms with E-state index in [4.69, 9.17) is 5.73 Å². The molecule has 7 heteroatoms. The zero-order chi connectivity index (χ0) is 15.6. The third-order valence-electron chi connectivity index (χ3n) is 2.96. The van der Waals surface area contributed by atoms with Gasteiger partial charge in [-0.25, -0.2) is 8.42 Å². The Kier molecular flexibility index (Phi) is 4.95. The predicted octanol–water partition coefficient (Wildman–Crippen LogP) is 4.16. The second-order valence-electron chi connectivity index (χ2n) is 4.44. The van der Waals surface area contributed by atoms with Gasteiger partial charge in [0, 0.05) is 8.95 Å². The Hall–Kier alpha value is -1.05. The van der Waals surface area contributed by atoms with Crippen molar-refractivity contribution in [2.24, 2.45) is 0 Å². The van der Waals surface area contributed by atoms with Gasteiger partial charge in [-0.15, -0.1) is 0 Å². The second kappa shape index (κ2) is 6.37. The summed E-state index contributed by atoms with van der Waals surface area (Å²) in [5.41, 5.74) is 7.45. The van der Waals surface area contributed by atoms with E-state index in [2.05, 4.69) is 36.6 Å². The van der Waals surface area contributed by atoms with Crippen LogP contribution < -0.4 is 10.5 Å². The van der Waals surface area contributed by atoms with Crippen molar-refractivity contribution in [1.29, 1.82) is 0 Å². The number of rotatable bonds is 4. The van der Waals surface area contributed by atoms with E-state index in [1.54, 1.807) is 24.3 Å². The minimum absolute atomic E-state index is 0.0573. The molecule has 0 radical (unpaired) electrons. The number of nitrogens with one attached hydrogen (secondary N) is 1. The highest BCUT2D eigenvalue weighted by Crippen LogP contribution is 2.28. The average molecular weight is 434 g/mol. The lowest BCUT2D eigenvalue weighted by Gasteiger charge is -2.13. The summed E-state index contributed by atoms with van der Waals surface area (Å²) >= 11 is 6.64. The monoisotopic (exact) mass is 432 g/mol. The smallest absolute Gasteiger partial charge is 0.263 e. The standard InChI is InChI=1S/C14H14Br2N2O2S/c1-2-9-7-10(15)4-6-13(9)18-21(19,20)14-8-11(16)3-5-12(14)17/h3-8,18H,2,17H2,1H3. The fraction of sp³-hybridized carbons (Fsp3) is 0.143. The van der Waals surface area contributed by atoms with Crippen molar-refractivity contribution in [3.05, 3.63) is 50.9 Å². The highest BCUT2D eigenvalue weighted by atomic mass is 79.9. The number of anilines is 2. The van der Waals surface area contributed by atoms with Crippen molar-refractivity contribution in [3.63, 3.8) is 0 Å². The summed E-state index contributed by atoms with van der Waals surface area (Å²) in [6, 6.07) is 10.2. The number of nitrogen functional groups attached to an aromatic ring is 1. The van der Waals surface area contributed by atoms with Crippen LogP contribution in [0.15, 0.2) is 50.2 Å². The summed E-state index contributed by atoms with van der Waals surface area (Å²) in [4.78, 5) is 0.0573. The maximum atomic E-state index is 12.5. The van der Waals surface area contributed by atoms with Crippen LogP contribution in [0, 0.1) is 0 Å². The number of halogens is 2. The molecule has 0 spiro atoms. The van der Waals surface area contributed by atoms with Crippen molar-refractivity contribution in [1.82, 2.24) is 0 Å². The molecule has 0 unspecified atom stereocenters. The average Bonchev–Trinajstić information content (AvgIpc) is 2.43. The molecular formula is C14H14Br2N2O2S. The van der Waals surface area contributed by atoms with E-state index in [1.165, 1.54) is 6.07 Å². The van der Waals surface area contributed by atoms with Crippen LogP contribution in [0.4, 0.5) is 11.4 Å². The molecule has 2 aromatic rings. The molecule has 0 heterocycles. The van der Waals surface area contributed by atoms with Gasteiger partial charge in [0.05, 0.1) is 11.4 Å². The van der Waals surface area contributed by atoms with Gasteiger partial charge in [0.25, 0.3) is 10.0 Å². The molecule has 0 aliphatic carbocycles. The quantitative estimate of drug-likeness (QED) is 0.711. The van der Waals surface area contributed by atoms with E-state index in [-0.39, 0.29) is 10.6 Å². The van der Waals surface area contributed by atoms with Crippen LogP contribution in [-0.4, -0.2) is 8.42 Å². The zero-order valence-electron chi connectivity index (χ0n) is 11.2. The molecule has 0 saturated heterocycles. The van der Waals surface area contributed by atoms with Crippen LogP contribution >= 0.6 is 31.9 Å². The van der Waals surface area contributed by atoms with Crippen LogP contribution in [0.5, 0.6) is 0 Å². The molecule has 0 fully saturated rings. The summed E-state index contributed by atoms with van der Waals surface area (Å²) < 4.78 is 29.2. The summed E-state index contributed by atoms with van der Waals surface area (Å²) in [5, 5.41) is 0. The summed E-state index contributed by atoms with van der Waals surface area (Å²) in [7, 11) is -3.73. The van der Waals surface area contributed by atoms with Crippen LogP contribution in [-0.2, 0) is 16.4 Å². The lowest BCUT2D eigenvalue weighted by Crippen LogP contribution is -2.16. The van der Waals surface area contributed by atoms with E-state index >= 15 is 0 Å². The molecule has 0 aromatic heterocycles. The van der Waals surface area contributed by atoms with Crippen LogP contribution in [0.25, 0.3) is 0 Å². The molecular weight excluding hydrogens is 420 g/mol. The van der Waals surface area contributed by atoms with Crippen molar-refractivity contribution < 1.29 is 8.42 Å².